The summed E-state index contributed by atoms with van der Waals surface area (Å²) in [7, 11) is -5.21. The molecule has 0 amide bonds. The molecule has 12 nitrogen and oxygen atoms in total. The molecule has 0 saturated carbocycles. The molecule has 3 aromatic heterocycles. The van der Waals surface area contributed by atoms with Gasteiger partial charge in [-0.15, -0.1) is 0 Å². The highest BCUT2D eigenvalue weighted by atomic mass is 32.2. The zero-order valence-corrected chi connectivity index (χ0v) is 32.7. The molecule has 1 fully saturated rings. The summed E-state index contributed by atoms with van der Waals surface area (Å²) >= 11 is 0. The van der Waals surface area contributed by atoms with E-state index >= 15 is 0 Å². The van der Waals surface area contributed by atoms with Gasteiger partial charge in [0.25, 0.3) is 0 Å². The Morgan fingerprint density at radius 2 is 1.31 bits per heavy atom. The minimum Gasteiger partial charge on any atom is -0.308 e. The van der Waals surface area contributed by atoms with Gasteiger partial charge in [0, 0.05) is 82.8 Å². The highest BCUT2D eigenvalue weighted by molar-refractivity contribution is 7.89. The van der Waals surface area contributed by atoms with Crippen LogP contribution in [0.2, 0.25) is 0 Å². The van der Waals surface area contributed by atoms with Crippen LogP contribution in [0.1, 0.15) is 39.2 Å². The average Bonchev–Trinajstić information content (AvgIpc) is 3.21. The van der Waals surface area contributed by atoms with Crippen LogP contribution in [0.3, 0.4) is 0 Å². The van der Waals surface area contributed by atoms with Crippen molar-refractivity contribution in [2.75, 3.05) is 46.3 Å². The van der Waals surface area contributed by atoms with Gasteiger partial charge in [-0.1, -0.05) is 30.3 Å². The maximum absolute atomic E-state index is 13.8. The molecule has 0 spiro atoms. The van der Waals surface area contributed by atoms with E-state index in [0.29, 0.717) is 43.9 Å². The van der Waals surface area contributed by atoms with Crippen molar-refractivity contribution >= 4 is 20.0 Å². The number of hydrogen-bond donors (Lipinski definition) is 1. The standard InChI is InChI=1S/C41H47N8O4S2/c1-45-18-20-46(21-19-45)28-33-7-3-11-39(23-33)55(52,53)49-17-13-36-24-37(27-44-41(36)31-49)47-15-5-8-34(29-47)26-42-25-32-6-2-10-38(22-32)54(50,51)48-16-12-35-9-4-14-43-40(35)30-48/h2-11,14-15,22-24,27,29,42H,12-13,16-21,25-26,28,30-31H2,1H3/q+1. The van der Waals surface area contributed by atoms with Gasteiger partial charge in [-0.25, -0.2) is 16.8 Å². The summed E-state index contributed by atoms with van der Waals surface area (Å²) in [5.41, 5.74) is 7.59. The first-order chi connectivity index (χ1) is 26.6. The topological polar surface area (TPSA) is 123 Å². The Morgan fingerprint density at radius 1 is 0.673 bits per heavy atom. The Labute approximate surface area is 324 Å². The van der Waals surface area contributed by atoms with Crippen molar-refractivity contribution in [1.29, 1.82) is 0 Å². The number of aromatic nitrogens is 3. The van der Waals surface area contributed by atoms with E-state index in [1.54, 1.807) is 41.0 Å². The van der Waals surface area contributed by atoms with Gasteiger partial charge >= 0.3 is 0 Å². The number of rotatable bonds is 11. The fourth-order valence-electron chi connectivity index (χ4n) is 7.58. The molecular weight excluding hydrogens is 733 g/mol. The fraction of sp³-hybridized carbons (Fsp3) is 0.341. The molecule has 0 aliphatic carbocycles. The number of nitrogens with one attached hydrogen (secondary N) is 1. The number of benzene rings is 2. The summed E-state index contributed by atoms with van der Waals surface area (Å²) in [5, 5.41) is 3.46. The molecule has 0 atom stereocenters. The van der Waals surface area contributed by atoms with E-state index in [-0.39, 0.29) is 18.0 Å². The normalized spacial score (nSPS) is 17.5. The molecule has 1 saturated heterocycles. The van der Waals surface area contributed by atoms with Crippen LogP contribution in [-0.2, 0) is 65.6 Å². The molecule has 8 rings (SSSR count). The van der Waals surface area contributed by atoms with E-state index in [9.17, 15) is 16.8 Å². The zero-order valence-electron chi connectivity index (χ0n) is 31.1. The molecule has 6 heterocycles. The largest absolute Gasteiger partial charge is 0.308 e. The molecule has 5 aromatic rings. The van der Waals surface area contributed by atoms with Gasteiger partial charge in [-0.05, 0) is 78.5 Å². The van der Waals surface area contributed by atoms with Crippen LogP contribution in [0.4, 0.5) is 0 Å². The molecule has 2 aromatic carbocycles. The SMILES string of the molecule is CN1CCN(Cc2cccc(S(=O)(=O)N3CCc4cc(-[n+]5cccc(CNCc6cccc(S(=O)(=O)N7CCc8cccnc8C7)c6)c5)cnc4C3)c2)CC1. The van der Waals surface area contributed by atoms with Gasteiger partial charge in [-0.3, -0.25) is 14.9 Å². The minimum absolute atomic E-state index is 0.237. The second-order valence-electron chi connectivity index (χ2n) is 14.7. The molecule has 55 heavy (non-hydrogen) atoms. The number of fused-ring (bicyclic) bond motifs is 2. The Hall–Kier alpha value is -4.41. The third-order valence-electron chi connectivity index (χ3n) is 10.8. The highest BCUT2D eigenvalue weighted by Gasteiger charge is 2.31. The summed E-state index contributed by atoms with van der Waals surface area (Å²) in [5.74, 6) is 0. The highest BCUT2D eigenvalue weighted by Crippen LogP contribution is 2.27. The lowest BCUT2D eigenvalue weighted by atomic mass is 10.1. The van der Waals surface area contributed by atoms with E-state index in [4.69, 9.17) is 4.98 Å². The summed E-state index contributed by atoms with van der Waals surface area (Å²) in [6.07, 6.45) is 8.76. The van der Waals surface area contributed by atoms with E-state index in [0.717, 1.165) is 77.6 Å². The second-order valence-corrected chi connectivity index (χ2v) is 18.6. The van der Waals surface area contributed by atoms with E-state index < -0.39 is 20.0 Å². The van der Waals surface area contributed by atoms with Gasteiger partial charge in [0.15, 0.2) is 12.4 Å². The van der Waals surface area contributed by atoms with Crippen LogP contribution in [-0.4, -0.2) is 91.5 Å². The third kappa shape index (κ3) is 8.41. The molecule has 1 N–H and O–H groups in total. The van der Waals surface area contributed by atoms with Crippen molar-refractivity contribution in [3.8, 4) is 5.69 Å². The smallest absolute Gasteiger partial charge is 0.243 e. The molecule has 3 aliphatic heterocycles. The number of likely N-dealkylation sites (N-methyl/N-ethyl adjacent to an activating group) is 1. The fourth-order valence-corrected chi connectivity index (χ4v) is 10.5. The van der Waals surface area contributed by atoms with E-state index in [2.05, 4.69) is 33.2 Å². The molecule has 0 radical (unpaired) electrons. The van der Waals surface area contributed by atoms with Crippen LogP contribution in [0.5, 0.6) is 0 Å². The maximum Gasteiger partial charge on any atom is 0.243 e. The predicted octanol–water partition coefficient (Wildman–Crippen LogP) is 3.28. The van der Waals surface area contributed by atoms with E-state index in [1.165, 1.54) is 4.31 Å². The van der Waals surface area contributed by atoms with E-state index in [1.807, 2.05) is 65.5 Å². The summed E-state index contributed by atoms with van der Waals surface area (Å²) in [6, 6.07) is 24.5. The maximum atomic E-state index is 13.8. The lowest BCUT2D eigenvalue weighted by Gasteiger charge is -2.32. The van der Waals surface area contributed by atoms with Crippen LogP contribution in [0.25, 0.3) is 5.69 Å². The van der Waals surface area contributed by atoms with Gasteiger partial charge in [0.05, 0.1) is 40.5 Å². The summed E-state index contributed by atoms with van der Waals surface area (Å²) in [6.45, 7) is 7.15. The van der Waals surface area contributed by atoms with Crippen molar-refractivity contribution in [2.45, 2.75) is 55.4 Å². The lowest BCUT2D eigenvalue weighted by Crippen LogP contribution is -2.43. The Kier molecular flexibility index (Phi) is 10.9. The molecule has 0 unspecified atom stereocenters. The predicted molar refractivity (Wildman–Crippen MR) is 209 cm³/mol. The first kappa shape index (κ1) is 37.5. The van der Waals surface area contributed by atoms with Gasteiger partial charge < -0.3 is 10.2 Å². The minimum atomic E-state index is -3.68. The number of sulfonamides is 2. The van der Waals surface area contributed by atoms with Gasteiger partial charge in [0.1, 0.15) is 0 Å². The molecular formula is C41H47N8O4S2+. The van der Waals surface area contributed by atoms with Crippen LogP contribution < -0.4 is 9.88 Å². The molecule has 286 valence electrons. The summed E-state index contributed by atoms with van der Waals surface area (Å²) in [4.78, 5) is 14.5. The third-order valence-corrected chi connectivity index (χ3v) is 14.5. The first-order valence-electron chi connectivity index (χ1n) is 18.8. The van der Waals surface area contributed by atoms with Gasteiger partial charge in [-0.2, -0.15) is 13.2 Å². The Morgan fingerprint density at radius 3 is 2.05 bits per heavy atom. The monoisotopic (exact) mass is 779 g/mol. The Bertz CT molecular complexity index is 2400. The number of nitrogens with zero attached hydrogens (tertiary/aromatic N) is 7. The van der Waals surface area contributed by atoms with Crippen molar-refractivity contribution in [3.63, 3.8) is 0 Å². The van der Waals surface area contributed by atoms with Crippen LogP contribution in [0.15, 0.2) is 113 Å². The van der Waals surface area contributed by atoms with Crippen LogP contribution in [0, 0.1) is 0 Å². The Balaban J connectivity index is 0.882. The quantitative estimate of drug-likeness (QED) is 0.202. The number of pyridine rings is 3. The lowest BCUT2D eigenvalue weighted by molar-refractivity contribution is -0.596. The van der Waals surface area contributed by atoms with Crippen molar-refractivity contribution in [3.05, 3.63) is 143 Å². The van der Waals surface area contributed by atoms with Crippen molar-refractivity contribution in [2.24, 2.45) is 0 Å². The molecule has 3 aliphatic rings. The molecule has 14 heteroatoms. The number of piperazine rings is 1. The van der Waals surface area contributed by atoms with Gasteiger partial charge in [0.2, 0.25) is 25.7 Å². The zero-order chi connectivity index (χ0) is 38.0. The average molecular weight is 780 g/mol. The molecule has 0 bridgehead atoms. The summed E-state index contributed by atoms with van der Waals surface area (Å²) < 4.78 is 59.7. The van der Waals surface area contributed by atoms with Crippen LogP contribution >= 0.6 is 0 Å². The number of hydrogen-bond acceptors (Lipinski definition) is 9. The first-order valence-corrected chi connectivity index (χ1v) is 21.7. The van der Waals surface area contributed by atoms with Crippen molar-refractivity contribution in [1.82, 2.24) is 33.7 Å². The van der Waals surface area contributed by atoms with Crippen molar-refractivity contribution < 1.29 is 21.4 Å². The second kappa shape index (κ2) is 16.0.